The maximum absolute atomic E-state index is 12.5. The fourth-order valence-electron chi connectivity index (χ4n) is 3.20. The molecule has 27 heavy (non-hydrogen) atoms. The number of benzene rings is 2. The van der Waals surface area contributed by atoms with E-state index >= 15 is 0 Å². The van der Waals surface area contributed by atoms with Crippen molar-refractivity contribution < 1.29 is 14.3 Å². The summed E-state index contributed by atoms with van der Waals surface area (Å²) >= 11 is 0. The molecule has 1 aromatic heterocycles. The van der Waals surface area contributed by atoms with Crippen LogP contribution >= 0.6 is 0 Å². The number of aryl methyl sites for hydroxylation is 1. The lowest BCUT2D eigenvalue weighted by Gasteiger charge is -2.33. The van der Waals surface area contributed by atoms with Gasteiger partial charge in [0.2, 0.25) is 0 Å². The Hall–Kier alpha value is -3.13. The Labute approximate surface area is 156 Å². The van der Waals surface area contributed by atoms with Crippen LogP contribution in [0.25, 0.3) is 10.8 Å². The Morgan fingerprint density at radius 1 is 1.26 bits per heavy atom. The molecule has 0 spiro atoms. The third-order valence-electron chi connectivity index (χ3n) is 4.63. The third-order valence-corrected chi connectivity index (χ3v) is 4.63. The molecule has 1 aliphatic heterocycles. The molecular weight excluding hydrogens is 346 g/mol. The smallest absolute Gasteiger partial charge is 0.323 e. The summed E-state index contributed by atoms with van der Waals surface area (Å²) in [4.78, 5) is 14.2. The molecule has 1 saturated heterocycles. The predicted molar refractivity (Wildman–Crippen MR) is 101 cm³/mol. The number of fused-ring (bicyclic) bond motifs is 1. The fraction of sp³-hybridized carbons (Fsp3) is 0.316. The molecule has 1 fully saturated rings. The lowest BCUT2D eigenvalue weighted by molar-refractivity contribution is -0.0134. The Kier molecular flexibility index (Phi) is 4.64. The second kappa shape index (κ2) is 7.24. The number of hydrogen-bond acceptors (Lipinski definition) is 5. The largest absolute Gasteiger partial charge is 0.497 e. The van der Waals surface area contributed by atoms with Crippen molar-refractivity contribution in [1.29, 1.82) is 0 Å². The van der Waals surface area contributed by atoms with Gasteiger partial charge in [-0.2, -0.15) is 0 Å². The number of rotatable bonds is 3. The highest BCUT2D eigenvalue weighted by atomic mass is 16.5. The van der Waals surface area contributed by atoms with E-state index in [1.165, 1.54) is 0 Å². The Morgan fingerprint density at radius 3 is 2.85 bits per heavy atom. The van der Waals surface area contributed by atoms with Crippen molar-refractivity contribution in [3.8, 4) is 5.75 Å². The SMILES string of the molecule is COc1ccc2cc(C3CN(C(=O)Nc4cn(C)nn4)CCO3)ccc2c1. The molecule has 8 heteroatoms. The molecule has 2 aromatic carbocycles. The number of nitrogens with zero attached hydrogens (tertiary/aromatic N) is 4. The lowest BCUT2D eigenvalue weighted by atomic mass is 10.0. The maximum atomic E-state index is 12.5. The van der Waals surface area contributed by atoms with Crippen molar-refractivity contribution in [3.63, 3.8) is 0 Å². The van der Waals surface area contributed by atoms with Gasteiger partial charge in [0.05, 0.1) is 26.5 Å². The molecule has 0 bridgehead atoms. The van der Waals surface area contributed by atoms with Crippen LogP contribution in [-0.4, -0.2) is 52.7 Å². The first-order valence-electron chi connectivity index (χ1n) is 8.74. The van der Waals surface area contributed by atoms with Crippen LogP contribution < -0.4 is 10.1 Å². The molecule has 1 unspecified atom stereocenters. The van der Waals surface area contributed by atoms with Crippen LogP contribution in [0.4, 0.5) is 10.6 Å². The van der Waals surface area contributed by atoms with Crippen LogP contribution in [0.15, 0.2) is 42.6 Å². The van der Waals surface area contributed by atoms with Gasteiger partial charge >= 0.3 is 6.03 Å². The summed E-state index contributed by atoms with van der Waals surface area (Å²) in [6.45, 7) is 1.50. The molecule has 2 amide bonds. The highest BCUT2D eigenvalue weighted by Gasteiger charge is 2.26. The van der Waals surface area contributed by atoms with Crippen LogP contribution in [0.1, 0.15) is 11.7 Å². The summed E-state index contributed by atoms with van der Waals surface area (Å²) in [6.07, 6.45) is 1.49. The number of amides is 2. The molecule has 3 aromatic rings. The number of carbonyl (C=O) groups excluding carboxylic acids is 1. The summed E-state index contributed by atoms with van der Waals surface area (Å²) in [7, 11) is 3.41. The summed E-state index contributed by atoms with van der Waals surface area (Å²) in [6, 6.07) is 12.0. The molecule has 1 aliphatic rings. The van der Waals surface area contributed by atoms with Crippen LogP contribution in [0, 0.1) is 0 Å². The number of anilines is 1. The van der Waals surface area contributed by atoms with E-state index in [1.807, 2.05) is 24.3 Å². The van der Waals surface area contributed by atoms with Gasteiger partial charge in [0.15, 0.2) is 5.82 Å². The second-order valence-electron chi connectivity index (χ2n) is 6.49. The average Bonchev–Trinajstić information content (AvgIpc) is 3.11. The summed E-state index contributed by atoms with van der Waals surface area (Å²) in [5, 5.41) is 12.7. The number of carbonyl (C=O) groups is 1. The van der Waals surface area contributed by atoms with Crippen molar-refractivity contribution in [2.45, 2.75) is 6.10 Å². The van der Waals surface area contributed by atoms with Crippen molar-refractivity contribution in [2.24, 2.45) is 7.05 Å². The van der Waals surface area contributed by atoms with Crippen molar-refractivity contribution in [3.05, 3.63) is 48.2 Å². The van der Waals surface area contributed by atoms with E-state index in [2.05, 4.69) is 27.8 Å². The molecular formula is C19H21N5O3. The van der Waals surface area contributed by atoms with Gasteiger partial charge < -0.3 is 14.4 Å². The van der Waals surface area contributed by atoms with E-state index in [-0.39, 0.29) is 12.1 Å². The van der Waals surface area contributed by atoms with Crippen LogP contribution in [0.5, 0.6) is 5.75 Å². The first kappa shape index (κ1) is 17.3. The van der Waals surface area contributed by atoms with E-state index < -0.39 is 0 Å². The van der Waals surface area contributed by atoms with E-state index in [0.29, 0.717) is 25.5 Å². The second-order valence-corrected chi connectivity index (χ2v) is 6.49. The monoisotopic (exact) mass is 367 g/mol. The van der Waals surface area contributed by atoms with Gasteiger partial charge in [-0.1, -0.05) is 23.4 Å². The number of methoxy groups -OCH3 is 1. The highest BCUT2D eigenvalue weighted by molar-refractivity contribution is 5.88. The molecule has 1 N–H and O–H groups in total. The normalized spacial score (nSPS) is 17.1. The Bertz CT molecular complexity index is 971. The third kappa shape index (κ3) is 3.70. The molecule has 1 atom stereocenters. The van der Waals surface area contributed by atoms with Crippen LogP contribution in [-0.2, 0) is 11.8 Å². The topological polar surface area (TPSA) is 81.5 Å². The zero-order valence-corrected chi connectivity index (χ0v) is 15.3. The van der Waals surface area contributed by atoms with E-state index in [9.17, 15) is 4.79 Å². The highest BCUT2D eigenvalue weighted by Crippen LogP contribution is 2.28. The number of nitrogens with one attached hydrogen (secondary N) is 1. The number of urea groups is 1. The molecule has 8 nitrogen and oxygen atoms in total. The Morgan fingerprint density at radius 2 is 2.07 bits per heavy atom. The maximum Gasteiger partial charge on any atom is 0.323 e. The van der Waals surface area contributed by atoms with Gasteiger partial charge in [-0.3, -0.25) is 10.00 Å². The van der Waals surface area contributed by atoms with Crippen molar-refractivity contribution in [2.75, 3.05) is 32.1 Å². The van der Waals surface area contributed by atoms with Gasteiger partial charge in [-0.05, 0) is 34.5 Å². The summed E-state index contributed by atoms with van der Waals surface area (Å²) < 4.78 is 12.7. The molecule has 4 rings (SSSR count). The predicted octanol–water partition coefficient (Wildman–Crippen LogP) is 2.58. The van der Waals surface area contributed by atoms with E-state index in [1.54, 1.807) is 29.9 Å². The molecule has 0 radical (unpaired) electrons. The summed E-state index contributed by atoms with van der Waals surface area (Å²) in [5.74, 6) is 1.27. The van der Waals surface area contributed by atoms with Gasteiger partial charge in [0.1, 0.15) is 11.9 Å². The number of ether oxygens (including phenoxy) is 2. The first-order valence-corrected chi connectivity index (χ1v) is 8.74. The number of morpholine rings is 1. The lowest BCUT2D eigenvalue weighted by Crippen LogP contribution is -2.44. The zero-order chi connectivity index (χ0) is 18.8. The van der Waals surface area contributed by atoms with Gasteiger partial charge in [-0.15, -0.1) is 5.10 Å². The minimum atomic E-state index is -0.200. The van der Waals surface area contributed by atoms with Gasteiger partial charge in [0.25, 0.3) is 0 Å². The van der Waals surface area contributed by atoms with Gasteiger partial charge in [0, 0.05) is 13.6 Å². The number of aromatic nitrogens is 3. The fourth-order valence-corrected chi connectivity index (χ4v) is 3.20. The van der Waals surface area contributed by atoms with Crippen LogP contribution in [0.2, 0.25) is 0 Å². The van der Waals surface area contributed by atoms with E-state index in [4.69, 9.17) is 9.47 Å². The van der Waals surface area contributed by atoms with E-state index in [0.717, 1.165) is 22.1 Å². The first-order chi connectivity index (χ1) is 13.1. The van der Waals surface area contributed by atoms with Gasteiger partial charge in [-0.25, -0.2) is 4.79 Å². The molecule has 0 aliphatic carbocycles. The summed E-state index contributed by atoms with van der Waals surface area (Å²) in [5.41, 5.74) is 1.05. The Balaban J connectivity index is 1.48. The molecule has 0 saturated carbocycles. The minimum Gasteiger partial charge on any atom is -0.497 e. The molecule has 140 valence electrons. The molecule has 2 heterocycles. The number of hydrogen-bond donors (Lipinski definition) is 1. The zero-order valence-electron chi connectivity index (χ0n) is 15.3. The van der Waals surface area contributed by atoms with Crippen molar-refractivity contribution >= 4 is 22.6 Å². The van der Waals surface area contributed by atoms with Crippen LogP contribution in [0.3, 0.4) is 0 Å². The minimum absolute atomic E-state index is 0.169. The average molecular weight is 367 g/mol. The quantitative estimate of drug-likeness (QED) is 0.769. The van der Waals surface area contributed by atoms with Crippen molar-refractivity contribution in [1.82, 2.24) is 19.9 Å². The standard InChI is InChI=1S/C19H21N5O3/c1-23-12-18(21-22-23)20-19(25)24-7-8-27-17(11-24)15-4-3-14-10-16(26-2)6-5-13(14)9-15/h3-6,9-10,12,17H,7-8,11H2,1-2H3,(H,20,25).